The first-order valence-electron chi connectivity index (χ1n) is 11.9. The zero-order valence-electron chi connectivity index (χ0n) is 20.4. The van der Waals surface area contributed by atoms with E-state index in [2.05, 4.69) is 26.9 Å². The lowest BCUT2D eigenvalue weighted by Gasteiger charge is -2.35. The van der Waals surface area contributed by atoms with E-state index in [0.717, 1.165) is 79.3 Å². The molecule has 0 unspecified atom stereocenters. The molecule has 1 aromatic heterocycles. The molecule has 4 rings (SSSR count). The Kier molecular flexibility index (Phi) is 8.21. The van der Waals surface area contributed by atoms with E-state index in [-0.39, 0.29) is 0 Å². The first-order valence-corrected chi connectivity index (χ1v) is 11.9. The Balaban J connectivity index is 1.26. The van der Waals surface area contributed by atoms with Gasteiger partial charge in [-0.05, 0) is 66.9 Å². The summed E-state index contributed by atoms with van der Waals surface area (Å²) in [5.41, 5.74) is 3.04. The van der Waals surface area contributed by atoms with Crippen LogP contribution in [0.5, 0.6) is 17.2 Å². The Bertz CT molecular complexity index is 1080. The molecule has 7 heteroatoms. The fourth-order valence-corrected chi connectivity index (χ4v) is 4.65. The summed E-state index contributed by atoms with van der Waals surface area (Å²) < 4.78 is 16.1. The van der Waals surface area contributed by atoms with Gasteiger partial charge in [-0.3, -0.25) is 9.88 Å². The van der Waals surface area contributed by atoms with Crippen LogP contribution in [0.25, 0.3) is 10.9 Å². The highest BCUT2D eigenvalue weighted by atomic mass is 16.5. The van der Waals surface area contributed by atoms with Crippen LogP contribution < -0.4 is 14.2 Å². The van der Waals surface area contributed by atoms with Gasteiger partial charge in [-0.25, -0.2) is 0 Å². The molecule has 0 radical (unpaired) electrons. The lowest BCUT2D eigenvalue weighted by molar-refractivity contribution is 0.0728. The van der Waals surface area contributed by atoms with Gasteiger partial charge in [-0.2, -0.15) is 0 Å². The van der Waals surface area contributed by atoms with E-state index in [0.29, 0.717) is 6.54 Å². The molecule has 0 aliphatic carbocycles. The molecule has 1 saturated heterocycles. The largest absolute Gasteiger partial charge is 0.497 e. The number of rotatable bonds is 10. The van der Waals surface area contributed by atoms with Crippen LogP contribution in [0.3, 0.4) is 0 Å². The highest BCUT2D eigenvalue weighted by Crippen LogP contribution is 2.29. The van der Waals surface area contributed by atoms with Crippen molar-refractivity contribution in [3.63, 3.8) is 0 Å². The smallest absolute Gasteiger partial charge is 0.160 e. The van der Waals surface area contributed by atoms with Crippen LogP contribution in [0.4, 0.5) is 0 Å². The summed E-state index contributed by atoms with van der Waals surface area (Å²) in [6.45, 7) is 5.64. The minimum atomic E-state index is -0.561. The fourth-order valence-electron chi connectivity index (χ4n) is 4.65. The van der Waals surface area contributed by atoms with Gasteiger partial charge < -0.3 is 24.2 Å². The van der Waals surface area contributed by atoms with Gasteiger partial charge in [0.2, 0.25) is 0 Å². The maximum atomic E-state index is 11.0. The van der Waals surface area contributed by atoms with Crippen LogP contribution in [0.15, 0.2) is 48.7 Å². The van der Waals surface area contributed by atoms with Crippen molar-refractivity contribution in [1.82, 2.24) is 14.8 Å². The number of aliphatic hydroxyl groups excluding tert-OH is 1. The van der Waals surface area contributed by atoms with Crippen LogP contribution in [-0.2, 0) is 6.42 Å². The molecule has 7 nitrogen and oxygen atoms in total. The van der Waals surface area contributed by atoms with Crippen LogP contribution in [0.1, 0.15) is 23.7 Å². The minimum Gasteiger partial charge on any atom is -0.497 e. The summed E-state index contributed by atoms with van der Waals surface area (Å²) in [4.78, 5) is 9.28. The Morgan fingerprint density at radius 3 is 2.38 bits per heavy atom. The zero-order valence-corrected chi connectivity index (χ0v) is 20.4. The zero-order chi connectivity index (χ0) is 23.9. The minimum absolute atomic E-state index is 0.561. The summed E-state index contributed by atoms with van der Waals surface area (Å²) in [5.74, 6) is 2.33. The molecule has 0 amide bonds. The van der Waals surface area contributed by atoms with E-state index < -0.39 is 6.10 Å². The molecule has 0 spiro atoms. The van der Waals surface area contributed by atoms with Crippen LogP contribution >= 0.6 is 0 Å². The lowest BCUT2D eigenvalue weighted by atomic mass is 10.0. The monoisotopic (exact) mass is 465 g/mol. The molecule has 2 aromatic carbocycles. The van der Waals surface area contributed by atoms with Crippen molar-refractivity contribution in [2.75, 3.05) is 60.6 Å². The van der Waals surface area contributed by atoms with Crippen molar-refractivity contribution in [3.05, 3.63) is 59.8 Å². The van der Waals surface area contributed by atoms with Gasteiger partial charge in [0, 0.05) is 44.3 Å². The molecule has 3 aromatic rings. The summed E-state index contributed by atoms with van der Waals surface area (Å²) in [6, 6.07) is 13.9. The van der Waals surface area contributed by atoms with Gasteiger partial charge in [-0.15, -0.1) is 0 Å². The number of aryl methyl sites for hydroxylation is 1. The third-order valence-corrected chi connectivity index (χ3v) is 6.63. The Hall–Kier alpha value is -2.87. The van der Waals surface area contributed by atoms with Gasteiger partial charge in [0.1, 0.15) is 5.75 Å². The van der Waals surface area contributed by atoms with Crippen LogP contribution in [-0.4, -0.2) is 80.5 Å². The summed E-state index contributed by atoms with van der Waals surface area (Å²) in [6.07, 6.45) is 3.32. The van der Waals surface area contributed by atoms with Crippen LogP contribution in [0, 0.1) is 0 Å². The molecule has 1 N–H and O–H groups in total. The van der Waals surface area contributed by atoms with Crippen molar-refractivity contribution in [2.24, 2.45) is 0 Å². The molecule has 34 heavy (non-hydrogen) atoms. The number of hydrogen-bond acceptors (Lipinski definition) is 7. The molecule has 182 valence electrons. The Morgan fingerprint density at radius 1 is 0.882 bits per heavy atom. The Morgan fingerprint density at radius 2 is 1.65 bits per heavy atom. The number of nitrogens with zero attached hydrogens (tertiary/aromatic N) is 3. The van der Waals surface area contributed by atoms with E-state index in [1.54, 1.807) is 27.5 Å². The van der Waals surface area contributed by atoms with Gasteiger partial charge >= 0.3 is 0 Å². The van der Waals surface area contributed by atoms with E-state index in [9.17, 15) is 5.11 Å². The van der Waals surface area contributed by atoms with Crippen molar-refractivity contribution in [1.29, 1.82) is 0 Å². The van der Waals surface area contributed by atoms with Gasteiger partial charge in [0.15, 0.2) is 11.5 Å². The highest BCUT2D eigenvalue weighted by molar-refractivity contribution is 5.83. The van der Waals surface area contributed by atoms with Crippen molar-refractivity contribution >= 4 is 10.9 Å². The Labute approximate surface area is 201 Å². The summed E-state index contributed by atoms with van der Waals surface area (Å²) in [5, 5.41) is 12.0. The summed E-state index contributed by atoms with van der Waals surface area (Å²) >= 11 is 0. The first-order chi connectivity index (χ1) is 16.6. The third kappa shape index (κ3) is 5.78. The second kappa shape index (κ2) is 11.5. The topological polar surface area (TPSA) is 67.3 Å². The standard InChI is InChI=1S/C27H35N3O4/c1-32-21-7-8-24-23(18-21)22(10-11-28-24)25(31)19-30-15-13-29(14-16-30)12-4-5-20-6-9-26(33-2)27(17-20)34-3/h6-11,17-18,25,31H,4-5,12-16,19H2,1-3H3/t25-/m0/s1. The first kappa shape index (κ1) is 24.3. The average Bonchev–Trinajstić information content (AvgIpc) is 2.88. The number of hydrogen-bond donors (Lipinski definition) is 1. The van der Waals surface area contributed by atoms with E-state index in [1.165, 1.54) is 5.56 Å². The average molecular weight is 466 g/mol. The number of pyridine rings is 1. The molecule has 1 aliphatic rings. The molecule has 1 aliphatic heterocycles. The molecular weight excluding hydrogens is 430 g/mol. The number of ether oxygens (including phenoxy) is 3. The van der Waals surface area contributed by atoms with Crippen molar-refractivity contribution in [3.8, 4) is 17.2 Å². The predicted molar refractivity (Wildman–Crippen MR) is 134 cm³/mol. The number of fused-ring (bicyclic) bond motifs is 1. The van der Waals surface area contributed by atoms with Crippen molar-refractivity contribution in [2.45, 2.75) is 18.9 Å². The molecule has 1 atom stereocenters. The number of methoxy groups -OCH3 is 3. The SMILES string of the molecule is COc1ccc2nccc([C@@H](O)CN3CCN(CCCc4ccc(OC)c(OC)c4)CC3)c2c1. The third-order valence-electron chi connectivity index (χ3n) is 6.63. The molecule has 2 heterocycles. The highest BCUT2D eigenvalue weighted by Gasteiger charge is 2.21. The normalized spacial score (nSPS) is 15.9. The van der Waals surface area contributed by atoms with E-state index in [1.807, 2.05) is 30.3 Å². The van der Waals surface area contributed by atoms with E-state index >= 15 is 0 Å². The number of aliphatic hydroxyl groups is 1. The lowest BCUT2D eigenvalue weighted by Crippen LogP contribution is -2.47. The van der Waals surface area contributed by atoms with Crippen LogP contribution in [0.2, 0.25) is 0 Å². The summed E-state index contributed by atoms with van der Waals surface area (Å²) in [7, 11) is 4.99. The maximum Gasteiger partial charge on any atom is 0.160 e. The quantitative estimate of drug-likeness (QED) is 0.491. The second-order valence-electron chi connectivity index (χ2n) is 8.73. The molecular formula is C27H35N3O4. The molecule has 0 saturated carbocycles. The molecule has 1 fully saturated rings. The van der Waals surface area contributed by atoms with E-state index in [4.69, 9.17) is 14.2 Å². The predicted octanol–water partition coefficient (Wildman–Crippen LogP) is 3.54. The fraction of sp³-hybridized carbons (Fsp3) is 0.444. The van der Waals surface area contributed by atoms with Gasteiger partial charge in [-0.1, -0.05) is 6.07 Å². The maximum absolute atomic E-state index is 11.0. The van der Waals surface area contributed by atoms with Gasteiger partial charge in [0.05, 0.1) is 33.0 Å². The number of β-amino-alcohol motifs (C(OH)–C–C–N with tert-alkyl or cyclic N) is 1. The number of aromatic nitrogens is 1. The van der Waals surface area contributed by atoms with Gasteiger partial charge in [0.25, 0.3) is 0 Å². The number of benzene rings is 2. The number of piperazine rings is 1. The second-order valence-corrected chi connectivity index (χ2v) is 8.73. The molecule has 0 bridgehead atoms. The van der Waals surface area contributed by atoms with Crippen molar-refractivity contribution < 1.29 is 19.3 Å².